The summed E-state index contributed by atoms with van der Waals surface area (Å²) >= 11 is 3.46. The van der Waals surface area contributed by atoms with E-state index in [9.17, 15) is 0 Å². The number of nitriles is 2. The Bertz CT molecular complexity index is 680. The second-order valence-electron chi connectivity index (χ2n) is 3.61. The quantitative estimate of drug-likeness (QED) is 0.813. The molecule has 0 saturated heterocycles. The molecule has 17 heavy (non-hydrogen) atoms. The van der Waals surface area contributed by atoms with Gasteiger partial charge in [0.15, 0.2) is 0 Å². The maximum Gasteiger partial charge on any atom is 0.130 e. The van der Waals surface area contributed by atoms with E-state index in [0.717, 1.165) is 26.6 Å². The molecule has 0 aliphatic rings. The van der Waals surface area contributed by atoms with Gasteiger partial charge < -0.3 is 4.98 Å². The lowest BCUT2D eigenvalue weighted by atomic mass is 10.1. The van der Waals surface area contributed by atoms with Crippen LogP contribution in [-0.4, -0.2) is 4.98 Å². The Morgan fingerprint density at radius 1 is 1.35 bits per heavy atom. The van der Waals surface area contributed by atoms with Gasteiger partial charge >= 0.3 is 0 Å². The molecule has 0 aliphatic heterocycles. The van der Waals surface area contributed by atoms with Gasteiger partial charge in [-0.1, -0.05) is 12.1 Å². The predicted octanol–water partition coefficient (Wildman–Crippen LogP) is 3.67. The van der Waals surface area contributed by atoms with Crippen molar-refractivity contribution in [3.05, 3.63) is 39.5 Å². The number of H-pyrrole nitrogens is 1. The van der Waals surface area contributed by atoms with Crippen molar-refractivity contribution in [3.8, 4) is 12.1 Å². The Balaban J connectivity index is 2.76. The van der Waals surface area contributed by atoms with Crippen molar-refractivity contribution in [1.29, 1.82) is 10.5 Å². The number of aromatic nitrogens is 1. The van der Waals surface area contributed by atoms with E-state index in [1.54, 1.807) is 6.08 Å². The van der Waals surface area contributed by atoms with Crippen LogP contribution in [0.5, 0.6) is 0 Å². The molecule has 0 radical (unpaired) electrons. The molecule has 3 nitrogen and oxygen atoms in total. The molecule has 0 atom stereocenters. The number of benzene rings is 1. The monoisotopic (exact) mass is 285 g/mol. The number of hydrogen-bond acceptors (Lipinski definition) is 2. The molecule has 1 aromatic heterocycles. The Kier molecular flexibility index (Phi) is 2.99. The molecule has 82 valence electrons. The van der Waals surface area contributed by atoms with Crippen LogP contribution in [0.15, 0.2) is 28.2 Å². The minimum absolute atomic E-state index is 0.106. The fourth-order valence-electron chi connectivity index (χ4n) is 1.75. The highest BCUT2D eigenvalue weighted by atomic mass is 79.9. The molecule has 0 aliphatic carbocycles. The Morgan fingerprint density at radius 3 is 2.71 bits per heavy atom. The summed E-state index contributed by atoms with van der Waals surface area (Å²) in [4.78, 5) is 3.24. The van der Waals surface area contributed by atoms with Crippen LogP contribution in [-0.2, 0) is 0 Å². The molecular formula is C13H8BrN3. The number of rotatable bonds is 1. The van der Waals surface area contributed by atoms with Gasteiger partial charge in [0.2, 0.25) is 0 Å². The first-order chi connectivity index (χ1) is 8.17. The fourth-order valence-corrected chi connectivity index (χ4v) is 2.22. The lowest BCUT2D eigenvalue weighted by Crippen LogP contribution is -1.77. The van der Waals surface area contributed by atoms with Crippen molar-refractivity contribution < 1.29 is 0 Å². The van der Waals surface area contributed by atoms with Gasteiger partial charge in [-0.2, -0.15) is 10.5 Å². The lowest BCUT2D eigenvalue weighted by Gasteiger charge is -1.94. The number of allylic oxidation sites excluding steroid dienone is 1. The summed E-state index contributed by atoms with van der Waals surface area (Å²) < 4.78 is 0.966. The van der Waals surface area contributed by atoms with Gasteiger partial charge in [-0.15, -0.1) is 0 Å². The summed E-state index contributed by atoms with van der Waals surface area (Å²) in [5, 5.41) is 18.6. The van der Waals surface area contributed by atoms with Gasteiger partial charge in [0.1, 0.15) is 17.7 Å². The van der Waals surface area contributed by atoms with Gasteiger partial charge in [-0.05, 0) is 35.0 Å². The van der Waals surface area contributed by atoms with Crippen LogP contribution in [0.25, 0.3) is 17.0 Å². The average molecular weight is 286 g/mol. The molecule has 0 unspecified atom stereocenters. The third-order valence-corrected chi connectivity index (χ3v) is 3.21. The maximum atomic E-state index is 8.78. The average Bonchev–Trinajstić information content (AvgIpc) is 2.64. The van der Waals surface area contributed by atoms with Crippen molar-refractivity contribution >= 4 is 32.9 Å². The van der Waals surface area contributed by atoms with Crippen molar-refractivity contribution in [2.45, 2.75) is 6.92 Å². The second-order valence-corrected chi connectivity index (χ2v) is 4.46. The molecule has 0 amide bonds. The van der Waals surface area contributed by atoms with Crippen LogP contribution in [0.1, 0.15) is 11.3 Å². The molecular weight excluding hydrogens is 278 g/mol. The summed E-state index contributed by atoms with van der Waals surface area (Å²) in [6.45, 7) is 1.92. The smallest absolute Gasteiger partial charge is 0.130 e. The summed E-state index contributed by atoms with van der Waals surface area (Å²) in [6.07, 6.45) is 1.61. The summed E-state index contributed by atoms with van der Waals surface area (Å²) in [7, 11) is 0. The fraction of sp³-hybridized carbons (Fsp3) is 0.0769. The number of para-hydroxylation sites is 1. The minimum atomic E-state index is 0.106. The second kappa shape index (κ2) is 4.45. The highest BCUT2D eigenvalue weighted by Gasteiger charge is 2.09. The van der Waals surface area contributed by atoms with Crippen molar-refractivity contribution in [1.82, 2.24) is 4.98 Å². The van der Waals surface area contributed by atoms with Crippen LogP contribution in [0.4, 0.5) is 0 Å². The van der Waals surface area contributed by atoms with E-state index in [4.69, 9.17) is 10.5 Å². The van der Waals surface area contributed by atoms with E-state index in [-0.39, 0.29) is 5.57 Å². The molecule has 2 rings (SSSR count). The first kappa shape index (κ1) is 11.4. The molecule has 2 aromatic rings. The Morgan fingerprint density at radius 2 is 2.06 bits per heavy atom. The largest absolute Gasteiger partial charge is 0.357 e. The lowest BCUT2D eigenvalue weighted by molar-refractivity contribution is 1.29. The molecule has 1 aromatic carbocycles. The topological polar surface area (TPSA) is 63.4 Å². The third-order valence-electron chi connectivity index (χ3n) is 2.55. The van der Waals surface area contributed by atoms with Crippen LogP contribution < -0.4 is 0 Å². The number of aryl methyl sites for hydroxylation is 1. The third kappa shape index (κ3) is 1.95. The highest BCUT2D eigenvalue weighted by Crippen LogP contribution is 2.29. The summed E-state index contributed by atoms with van der Waals surface area (Å²) in [5.74, 6) is 0. The van der Waals surface area contributed by atoms with E-state index in [1.807, 2.05) is 37.3 Å². The predicted molar refractivity (Wildman–Crippen MR) is 69.9 cm³/mol. The van der Waals surface area contributed by atoms with Crippen LogP contribution in [0.3, 0.4) is 0 Å². The number of hydrogen-bond donors (Lipinski definition) is 1. The van der Waals surface area contributed by atoms with Crippen LogP contribution in [0.2, 0.25) is 0 Å². The number of nitrogens with one attached hydrogen (secondary N) is 1. The normalized spacial score (nSPS) is 9.65. The van der Waals surface area contributed by atoms with E-state index in [2.05, 4.69) is 20.9 Å². The zero-order valence-corrected chi connectivity index (χ0v) is 10.7. The molecule has 0 bridgehead atoms. The van der Waals surface area contributed by atoms with Crippen molar-refractivity contribution in [3.63, 3.8) is 0 Å². The zero-order chi connectivity index (χ0) is 12.4. The summed E-state index contributed by atoms with van der Waals surface area (Å²) in [6, 6.07) is 9.57. The number of fused-ring (bicyclic) bond motifs is 1. The van der Waals surface area contributed by atoms with E-state index in [1.165, 1.54) is 0 Å². The minimum Gasteiger partial charge on any atom is -0.357 e. The van der Waals surface area contributed by atoms with Gasteiger partial charge in [-0.25, -0.2) is 0 Å². The highest BCUT2D eigenvalue weighted by molar-refractivity contribution is 9.10. The van der Waals surface area contributed by atoms with E-state index < -0.39 is 0 Å². The summed E-state index contributed by atoms with van der Waals surface area (Å²) in [5.41, 5.74) is 2.91. The standard InChI is InChI=1S/C13H8BrN3/c1-8-11(5-9(6-15)7-16)10-3-2-4-12(14)13(10)17-8/h2-5,17H,1H3. The first-order valence-corrected chi connectivity index (χ1v) is 5.75. The van der Waals surface area contributed by atoms with Crippen LogP contribution >= 0.6 is 15.9 Å². The van der Waals surface area contributed by atoms with Crippen molar-refractivity contribution in [2.75, 3.05) is 0 Å². The number of halogens is 1. The van der Waals surface area contributed by atoms with Gasteiger partial charge in [-0.3, -0.25) is 0 Å². The molecule has 1 N–H and O–H groups in total. The van der Waals surface area contributed by atoms with E-state index >= 15 is 0 Å². The zero-order valence-electron chi connectivity index (χ0n) is 9.08. The van der Waals surface area contributed by atoms with E-state index in [0.29, 0.717) is 0 Å². The van der Waals surface area contributed by atoms with Gasteiger partial charge in [0, 0.05) is 21.1 Å². The Labute approximate surface area is 107 Å². The van der Waals surface area contributed by atoms with Gasteiger partial charge in [0.05, 0.1) is 5.52 Å². The number of aromatic amines is 1. The van der Waals surface area contributed by atoms with Crippen molar-refractivity contribution in [2.24, 2.45) is 0 Å². The maximum absolute atomic E-state index is 8.78. The molecule has 4 heteroatoms. The molecule has 0 spiro atoms. The van der Waals surface area contributed by atoms with Crippen LogP contribution in [0, 0.1) is 29.6 Å². The number of nitrogens with zero attached hydrogens (tertiary/aromatic N) is 2. The SMILES string of the molecule is Cc1[nH]c2c(Br)cccc2c1C=C(C#N)C#N. The Hall–Kier alpha value is -2.04. The molecule has 1 heterocycles. The van der Waals surface area contributed by atoms with Gasteiger partial charge in [0.25, 0.3) is 0 Å². The first-order valence-electron chi connectivity index (χ1n) is 4.96. The molecule has 0 fully saturated rings. The molecule has 0 saturated carbocycles.